The van der Waals surface area contributed by atoms with E-state index in [-0.39, 0.29) is 5.91 Å². The van der Waals surface area contributed by atoms with E-state index < -0.39 is 0 Å². The van der Waals surface area contributed by atoms with Gasteiger partial charge in [0.2, 0.25) is 0 Å². The summed E-state index contributed by atoms with van der Waals surface area (Å²) in [5, 5.41) is 2.01. The van der Waals surface area contributed by atoms with Gasteiger partial charge < -0.3 is 19.4 Å². The third kappa shape index (κ3) is 3.79. The molecule has 2 saturated heterocycles. The third-order valence-electron chi connectivity index (χ3n) is 6.80. The lowest BCUT2D eigenvalue weighted by atomic mass is 10.0. The van der Waals surface area contributed by atoms with Crippen LogP contribution in [0, 0.1) is 13.8 Å². The minimum absolute atomic E-state index is 0.0721. The number of rotatable bonds is 3. The number of carbonyl (C=O) groups is 1. The topological polar surface area (TPSA) is 48.9 Å². The fraction of sp³-hybridized carbons (Fsp3) is 0.385. The van der Waals surface area contributed by atoms with E-state index in [1.165, 1.54) is 16.8 Å². The molecule has 2 aliphatic heterocycles. The van der Waals surface area contributed by atoms with Crippen molar-refractivity contribution in [2.24, 2.45) is 0 Å². The number of amides is 1. The van der Waals surface area contributed by atoms with Crippen LogP contribution in [0.2, 0.25) is 0 Å². The van der Waals surface area contributed by atoms with Crippen LogP contribution in [0.1, 0.15) is 21.5 Å². The Morgan fingerprint density at radius 2 is 1.56 bits per heavy atom. The summed E-state index contributed by atoms with van der Waals surface area (Å²) in [7, 11) is 0. The molecule has 0 aliphatic carbocycles. The number of pyridine rings is 1. The van der Waals surface area contributed by atoms with Crippen LogP contribution < -0.4 is 9.80 Å². The minimum atomic E-state index is 0.0721. The molecule has 6 nitrogen and oxygen atoms in total. The summed E-state index contributed by atoms with van der Waals surface area (Å²) in [5.41, 5.74) is 4.59. The molecule has 6 heteroatoms. The number of aryl methyl sites for hydroxylation is 1. The zero-order chi connectivity index (χ0) is 22.1. The van der Waals surface area contributed by atoms with Crippen LogP contribution in [-0.4, -0.2) is 68.3 Å². The molecule has 0 N–H and O–H groups in total. The average molecular weight is 431 g/mol. The molecule has 0 bridgehead atoms. The minimum Gasteiger partial charge on any atom is -0.378 e. The summed E-state index contributed by atoms with van der Waals surface area (Å²) in [6.45, 7) is 10.5. The van der Waals surface area contributed by atoms with E-state index in [2.05, 4.69) is 47.9 Å². The van der Waals surface area contributed by atoms with Crippen LogP contribution in [-0.2, 0) is 4.74 Å². The number of hydrogen-bond donors (Lipinski definition) is 0. The first-order chi connectivity index (χ1) is 15.6. The van der Waals surface area contributed by atoms with Crippen LogP contribution in [0.4, 0.5) is 11.5 Å². The van der Waals surface area contributed by atoms with Gasteiger partial charge in [0.25, 0.3) is 5.91 Å². The average Bonchev–Trinajstić information content (AvgIpc) is 2.85. The number of aromatic nitrogens is 1. The highest BCUT2D eigenvalue weighted by Gasteiger charge is 2.26. The van der Waals surface area contributed by atoms with Crippen molar-refractivity contribution in [3.8, 4) is 0 Å². The van der Waals surface area contributed by atoms with Gasteiger partial charge >= 0.3 is 0 Å². The lowest BCUT2D eigenvalue weighted by molar-refractivity contribution is 0.0748. The smallest absolute Gasteiger partial charge is 0.256 e. The van der Waals surface area contributed by atoms with Gasteiger partial charge in [0, 0.05) is 56.5 Å². The van der Waals surface area contributed by atoms with Crippen LogP contribution in [0.3, 0.4) is 0 Å². The standard InChI is InChI=1S/C26H30N4O2/c1-19-6-5-9-24(20(19)2)28-10-12-30(13-11-28)26(31)23-18-27-25(29-14-16-32-17-15-29)22-8-4-3-7-21(22)23/h3-9,18H,10-17H2,1-2H3. The van der Waals surface area contributed by atoms with Crippen molar-refractivity contribution in [3.63, 3.8) is 0 Å². The SMILES string of the molecule is Cc1cccc(N2CCN(C(=O)c3cnc(N4CCOCC4)c4ccccc34)CC2)c1C. The molecule has 5 rings (SSSR count). The van der Waals surface area contributed by atoms with Crippen molar-refractivity contribution in [1.82, 2.24) is 9.88 Å². The van der Waals surface area contributed by atoms with Gasteiger partial charge in [-0.3, -0.25) is 4.79 Å². The molecule has 3 aromatic rings. The molecule has 2 fully saturated rings. The number of nitrogens with zero attached hydrogens (tertiary/aromatic N) is 4. The Labute approximate surface area is 189 Å². The van der Waals surface area contributed by atoms with Gasteiger partial charge in [-0.1, -0.05) is 36.4 Å². The first kappa shape index (κ1) is 20.8. The zero-order valence-corrected chi connectivity index (χ0v) is 18.9. The fourth-order valence-corrected chi connectivity index (χ4v) is 4.77. The van der Waals surface area contributed by atoms with Gasteiger partial charge in [0.15, 0.2) is 0 Å². The van der Waals surface area contributed by atoms with Crippen LogP contribution in [0.25, 0.3) is 10.8 Å². The molecule has 0 unspecified atom stereocenters. The highest BCUT2D eigenvalue weighted by atomic mass is 16.5. The fourth-order valence-electron chi connectivity index (χ4n) is 4.77. The summed E-state index contributed by atoms with van der Waals surface area (Å²) in [6, 6.07) is 14.6. The Bertz CT molecular complexity index is 1130. The van der Waals surface area contributed by atoms with Crippen molar-refractivity contribution in [1.29, 1.82) is 0 Å². The number of hydrogen-bond acceptors (Lipinski definition) is 5. The first-order valence-electron chi connectivity index (χ1n) is 11.4. The van der Waals surface area contributed by atoms with E-state index in [1.54, 1.807) is 6.20 Å². The molecule has 0 spiro atoms. The summed E-state index contributed by atoms with van der Waals surface area (Å²) >= 11 is 0. The molecule has 2 aliphatic rings. The number of benzene rings is 2. The normalized spacial score (nSPS) is 17.1. The highest BCUT2D eigenvalue weighted by molar-refractivity contribution is 6.09. The van der Waals surface area contributed by atoms with Gasteiger partial charge in [-0.25, -0.2) is 4.98 Å². The van der Waals surface area contributed by atoms with E-state index in [0.717, 1.165) is 42.8 Å². The lowest BCUT2D eigenvalue weighted by Crippen LogP contribution is -2.49. The van der Waals surface area contributed by atoms with Crippen LogP contribution in [0.15, 0.2) is 48.7 Å². The second kappa shape index (κ2) is 8.79. The maximum Gasteiger partial charge on any atom is 0.256 e. The van der Waals surface area contributed by atoms with Gasteiger partial charge in [-0.05, 0) is 36.4 Å². The molecule has 2 aromatic carbocycles. The predicted octanol–water partition coefficient (Wildman–Crippen LogP) is 3.65. The van der Waals surface area contributed by atoms with Gasteiger partial charge in [0.05, 0.1) is 18.8 Å². The van der Waals surface area contributed by atoms with Crippen molar-refractivity contribution in [2.75, 3.05) is 62.3 Å². The quantitative estimate of drug-likeness (QED) is 0.635. The highest BCUT2D eigenvalue weighted by Crippen LogP contribution is 2.29. The van der Waals surface area contributed by atoms with Crippen LogP contribution in [0.5, 0.6) is 0 Å². The largest absolute Gasteiger partial charge is 0.378 e. The number of carbonyl (C=O) groups excluding carboxylic acids is 1. The van der Waals surface area contributed by atoms with E-state index in [1.807, 2.05) is 23.1 Å². The summed E-state index contributed by atoms with van der Waals surface area (Å²) in [6.07, 6.45) is 1.77. The Hall–Kier alpha value is -3.12. The van der Waals surface area contributed by atoms with Crippen molar-refractivity contribution in [2.45, 2.75) is 13.8 Å². The summed E-state index contributed by atoms with van der Waals surface area (Å²) < 4.78 is 5.49. The Balaban J connectivity index is 1.37. The molecule has 0 saturated carbocycles. The maximum atomic E-state index is 13.5. The second-order valence-corrected chi connectivity index (χ2v) is 8.64. The zero-order valence-electron chi connectivity index (χ0n) is 18.9. The van der Waals surface area contributed by atoms with Gasteiger partial charge in [-0.15, -0.1) is 0 Å². The number of fused-ring (bicyclic) bond motifs is 1. The monoisotopic (exact) mass is 430 g/mol. The number of piperazine rings is 1. The molecule has 1 amide bonds. The van der Waals surface area contributed by atoms with Gasteiger partial charge in [0.1, 0.15) is 5.82 Å². The maximum absolute atomic E-state index is 13.5. The first-order valence-corrected chi connectivity index (χ1v) is 11.4. The molecule has 0 radical (unpaired) electrons. The molecule has 1 aromatic heterocycles. The summed E-state index contributed by atoms with van der Waals surface area (Å²) in [4.78, 5) is 24.9. The van der Waals surface area contributed by atoms with Crippen molar-refractivity contribution < 1.29 is 9.53 Å². The predicted molar refractivity (Wildman–Crippen MR) is 129 cm³/mol. The van der Waals surface area contributed by atoms with Crippen molar-refractivity contribution >= 4 is 28.2 Å². The van der Waals surface area contributed by atoms with E-state index in [4.69, 9.17) is 9.72 Å². The van der Waals surface area contributed by atoms with Crippen molar-refractivity contribution in [3.05, 3.63) is 65.4 Å². The van der Waals surface area contributed by atoms with E-state index in [0.29, 0.717) is 31.9 Å². The molecule has 0 atom stereocenters. The Morgan fingerprint density at radius 3 is 2.31 bits per heavy atom. The number of morpholine rings is 1. The lowest BCUT2D eigenvalue weighted by Gasteiger charge is -2.37. The Morgan fingerprint density at radius 1 is 0.844 bits per heavy atom. The molecule has 32 heavy (non-hydrogen) atoms. The Kier molecular flexibility index (Phi) is 5.70. The molecule has 166 valence electrons. The molecular weight excluding hydrogens is 400 g/mol. The summed E-state index contributed by atoms with van der Waals surface area (Å²) in [5.74, 6) is 1.02. The third-order valence-corrected chi connectivity index (χ3v) is 6.80. The van der Waals surface area contributed by atoms with E-state index >= 15 is 0 Å². The number of ether oxygens (including phenoxy) is 1. The molecular formula is C26H30N4O2. The molecule has 3 heterocycles. The second-order valence-electron chi connectivity index (χ2n) is 8.64. The van der Waals surface area contributed by atoms with E-state index in [9.17, 15) is 4.79 Å². The number of anilines is 2. The van der Waals surface area contributed by atoms with Gasteiger partial charge in [-0.2, -0.15) is 0 Å². The van der Waals surface area contributed by atoms with Crippen LogP contribution >= 0.6 is 0 Å².